The van der Waals surface area contributed by atoms with Gasteiger partial charge in [0.05, 0.1) is 23.3 Å². The van der Waals surface area contributed by atoms with E-state index in [0.29, 0.717) is 11.3 Å². The molecule has 4 rings (SSSR count). The first-order valence-electron chi connectivity index (χ1n) is 9.82. The second-order valence-electron chi connectivity index (χ2n) is 7.41. The topological polar surface area (TPSA) is 118 Å². The maximum atomic E-state index is 12.6. The van der Waals surface area contributed by atoms with Gasteiger partial charge in [-0.15, -0.1) is 0 Å². The highest BCUT2D eigenvalue weighted by Gasteiger charge is 2.15. The highest BCUT2D eigenvalue weighted by atomic mass is 32.2. The molecule has 8 nitrogen and oxygen atoms in total. The average molecular weight is 448 g/mol. The summed E-state index contributed by atoms with van der Waals surface area (Å²) >= 11 is 0. The third-order valence-electron chi connectivity index (χ3n) is 5.00. The molecule has 2 N–H and O–H groups in total. The number of aromatic nitrogens is 4. The van der Waals surface area contributed by atoms with Crippen LogP contribution in [0, 0.1) is 6.92 Å². The van der Waals surface area contributed by atoms with E-state index in [1.165, 1.54) is 6.07 Å². The fourth-order valence-corrected chi connectivity index (χ4v) is 4.36. The van der Waals surface area contributed by atoms with Gasteiger partial charge in [-0.05, 0) is 53.9 Å². The largest absolute Gasteiger partial charge is 0.346 e. The van der Waals surface area contributed by atoms with Crippen molar-refractivity contribution in [3.8, 4) is 22.4 Å². The maximum Gasteiger partial charge on any atom is 0.251 e. The van der Waals surface area contributed by atoms with Crippen molar-refractivity contribution in [2.45, 2.75) is 18.4 Å². The SMILES string of the molecule is Cc1ccc(C(=O)NCc2cc(-c3cccc(-c4cn[nH]n4)c3)ccn2)cc1S(C)(=O)=O. The van der Waals surface area contributed by atoms with Gasteiger partial charge in [-0.25, -0.2) is 8.42 Å². The molecule has 2 heterocycles. The van der Waals surface area contributed by atoms with E-state index in [9.17, 15) is 13.2 Å². The Kier molecular flexibility index (Phi) is 5.83. The summed E-state index contributed by atoms with van der Waals surface area (Å²) in [6, 6.07) is 16.3. The second-order valence-corrected chi connectivity index (χ2v) is 9.39. The van der Waals surface area contributed by atoms with Crippen molar-refractivity contribution in [2.24, 2.45) is 0 Å². The minimum atomic E-state index is -3.42. The van der Waals surface area contributed by atoms with Crippen LogP contribution < -0.4 is 5.32 Å². The Morgan fingerprint density at radius 1 is 1.03 bits per heavy atom. The van der Waals surface area contributed by atoms with E-state index in [1.807, 2.05) is 36.4 Å². The molecule has 0 fully saturated rings. The molecular weight excluding hydrogens is 426 g/mol. The number of nitrogens with one attached hydrogen (secondary N) is 2. The lowest BCUT2D eigenvalue weighted by Gasteiger charge is -2.09. The van der Waals surface area contributed by atoms with Crippen LogP contribution in [0.25, 0.3) is 22.4 Å². The molecular formula is C23H21N5O3S. The van der Waals surface area contributed by atoms with E-state index >= 15 is 0 Å². The van der Waals surface area contributed by atoms with Gasteiger partial charge >= 0.3 is 0 Å². The van der Waals surface area contributed by atoms with E-state index in [2.05, 4.69) is 25.7 Å². The van der Waals surface area contributed by atoms with Crippen LogP contribution in [-0.2, 0) is 16.4 Å². The Hall–Kier alpha value is -3.85. The molecule has 1 amide bonds. The van der Waals surface area contributed by atoms with Crippen LogP contribution in [0.5, 0.6) is 0 Å². The van der Waals surface area contributed by atoms with Gasteiger partial charge in [0, 0.05) is 23.6 Å². The van der Waals surface area contributed by atoms with Crippen LogP contribution in [0.4, 0.5) is 0 Å². The normalized spacial score (nSPS) is 11.3. The number of carbonyl (C=O) groups is 1. The molecule has 4 aromatic rings. The van der Waals surface area contributed by atoms with E-state index in [4.69, 9.17) is 0 Å². The summed E-state index contributed by atoms with van der Waals surface area (Å²) in [5, 5.41) is 13.4. The number of amides is 1. The molecule has 0 atom stereocenters. The van der Waals surface area contributed by atoms with Crippen molar-refractivity contribution in [1.82, 2.24) is 25.7 Å². The number of aromatic amines is 1. The van der Waals surface area contributed by atoms with Crippen LogP contribution >= 0.6 is 0 Å². The van der Waals surface area contributed by atoms with Crippen LogP contribution in [0.2, 0.25) is 0 Å². The summed E-state index contributed by atoms with van der Waals surface area (Å²) in [6.07, 6.45) is 4.48. The molecule has 0 saturated heterocycles. The van der Waals surface area contributed by atoms with Crippen molar-refractivity contribution in [1.29, 1.82) is 0 Å². The van der Waals surface area contributed by atoms with Gasteiger partial charge in [0.2, 0.25) is 0 Å². The zero-order chi connectivity index (χ0) is 22.7. The fraction of sp³-hybridized carbons (Fsp3) is 0.130. The van der Waals surface area contributed by atoms with Crippen LogP contribution in [0.15, 0.2) is 71.9 Å². The average Bonchev–Trinajstić information content (AvgIpc) is 3.32. The van der Waals surface area contributed by atoms with Gasteiger partial charge in [0.15, 0.2) is 9.84 Å². The molecule has 32 heavy (non-hydrogen) atoms. The molecule has 0 bridgehead atoms. The Bertz CT molecular complexity index is 1380. The first-order chi connectivity index (χ1) is 15.3. The zero-order valence-electron chi connectivity index (χ0n) is 17.5. The molecule has 0 aliphatic heterocycles. The summed E-state index contributed by atoms with van der Waals surface area (Å²) in [7, 11) is -3.42. The standard InChI is InChI=1S/C23H21N5O3S/c1-15-6-7-19(12-22(15)32(2,30)31)23(29)25-13-20-11-17(8-9-24-20)16-4-3-5-18(10-16)21-14-26-28-27-21/h3-12,14H,13H2,1-2H3,(H,25,29)(H,26,27,28). The van der Waals surface area contributed by atoms with E-state index in [1.54, 1.807) is 31.5 Å². The van der Waals surface area contributed by atoms with Crippen molar-refractivity contribution in [3.05, 3.63) is 83.8 Å². The number of hydrogen-bond acceptors (Lipinski definition) is 6. The quantitative estimate of drug-likeness (QED) is 0.469. The molecule has 9 heteroatoms. The number of nitrogens with zero attached hydrogens (tertiary/aromatic N) is 3. The number of carbonyl (C=O) groups excluding carboxylic acids is 1. The minimum absolute atomic E-state index is 0.150. The minimum Gasteiger partial charge on any atom is -0.346 e. The Labute approximate surface area is 185 Å². The van der Waals surface area contributed by atoms with Crippen molar-refractivity contribution in [2.75, 3.05) is 6.26 Å². The van der Waals surface area contributed by atoms with Gasteiger partial charge < -0.3 is 5.32 Å². The lowest BCUT2D eigenvalue weighted by molar-refractivity contribution is 0.0950. The van der Waals surface area contributed by atoms with E-state index in [-0.39, 0.29) is 22.9 Å². The molecule has 0 aliphatic carbocycles. The van der Waals surface area contributed by atoms with Gasteiger partial charge in [-0.1, -0.05) is 24.3 Å². The lowest BCUT2D eigenvalue weighted by Crippen LogP contribution is -2.23. The fourth-order valence-electron chi connectivity index (χ4n) is 3.37. The molecule has 0 radical (unpaired) electrons. The Balaban J connectivity index is 1.51. The van der Waals surface area contributed by atoms with Crippen molar-refractivity contribution >= 4 is 15.7 Å². The summed E-state index contributed by atoms with van der Waals surface area (Å²) in [4.78, 5) is 17.1. The Morgan fingerprint density at radius 3 is 2.56 bits per heavy atom. The summed E-state index contributed by atoms with van der Waals surface area (Å²) in [5.41, 5.74) is 5.18. The number of hydrogen-bond donors (Lipinski definition) is 2. The number of pyridine rings is 1. The number of rotatable bonds is 6. The molecule has 0 unspecified atom stereocenters. The molecule has 2 aromatic carbocycles. The van der Waals surface area contributed by atoms with Gasteiger partial charge in [-0.2, -0.15) is 15.4 Å². The molecule has 162 valence electrons. The van der Waals surface area contributed by atoms with Gasteiger partial charge in [-0.3, -0.25) is 9.78 Å². The highest BCUT2D eigenvalue weighted by Crippen LogP contribution is 2.25. The lowest BCUT2D eigenvalue weighted by atomic mass is 10.0. The predicted octanol–water partition coefficient (Wildman–Crippen LogP) is 3.18. The van der Waals surface area contributed by atoms with Gasteiger partial charge in [0.25, 0.3) is 5.91 Å². The van der Waals surface area contributed by atoms with Crippen molar-refractivity contribution < 1.29 is 13.2 Å². The third kappa shape index (κ3) is 4.73. The summed E-state index contributed by atoms with van der Waals surface area (Å²) in [6.45, 7) is 1.91. The van der Waals surface area contributed by atoms with Gasteiger partial charge in [0.1, 0.15) is 5.69 Å². The van der Waals surface area contributed by atoms with E-state index < -0.39 is 9.84 Å². The summed E-state index contributed by atoms with van der Waals surface area (Å²) < 4.78 is 23.9. The number of aryl methyl sites for hydroxylation is 1. The predicted molar refractivity (Wildman–Crippen MR) is 121 cm³/mol. The Morgan fingerprint density at radius 2 is 1.81 bits per heavy atom. The first kappa shape index (κ1) is 21.4. The number of benzene rings is 2. The summed E-state index contributed by atoms with van der Waals surface area (Å²) in [5.74, 6) is -0.366. The van der Waals surface area contributed by atoms with Crippen LogP contribution in [0.3, 0.4) is 0 Å². The first-order valence-corrected chi connectivity index (χ1v) is 11.7. The second kappa shape index (κ2) is 8.72. The highest BCUT2D eigenvalue weighted by molar-refractivity contribution is 7.90. The zero-order valence-corrected chi connectivity index (χ0v) is 18.3. The smallest absolute Gasteiger partial charge is 0.251 e. The number of H-pyrrole nitrogens is 1. The maximum absolute atomic E-state index is 12.6. The number of sulfone groups is 1. The monoisotopic (exact) mass is 447 g/mol. The molecule has 2 aromatic heterocycles. The van der Waals surface area contributed by atoms with Crippen LogP contribution in [0.1, 0.15) is 21.6 Å². The van der Waals surface area contributed by atoms with E-state index in [0.717, 1.165) is 28.6 Å². The molecule has 0 aliphatic rings. The molecule has 0 saturated carbocycles. The molecule has 0 spiro atoms. The van der Waals surface area contributed by atoms with Crippen molar-refractivity contribution in [3.63, 3.8) is 0 Å². The third-order valence-corrected chi connectivity index (χ3v) is 6.24. The van der Waals surface area contributed by atoms with Crippen LogP contribution in [-0.4, -0.2) is 41.0 Å².